The van der Waals surface area contributed by atoms with Crippen molar-refractivity contribution >= 4 is 12.2 Å². The van der Waals surface area contributed by atoms with Crippen molar-refractivity contribution in [3.63, 3.8) is 0 Å². The quantitative estimate of drug-likeness (QED) is 0.416. The van der Waals surface area contributed by atoms with E-state index in [1.165, 1.54) is 0 Å². The third kappa shape index (κ3) is 2.61. The summed E-state index contributed by atoms with van der Waals surface area (Å²) in [6.07, 6.45) is 3.95. The van der Waals surface area contributed by atoms with Crippen molar-refractivity contribution in [2.45, 2.75) is 12.8 Å². The third-order valence-corrected chi connectivity index (χ3v) is 1.47. The van der Waals surface area contributed by atoms with Gasteiger partial charge in [0.2, 0.25) is 6.41 Å². The van der Waals surface area contributed by atoms with Crippen LogP contribution in [0.3, 0.4) is 0 Å². The molecular formula is C7H12N4O. The summed E-state index contributed by atoms with van der Waals surface area (Å²) in [6.45, 7) is 0.671. The van der Waals surface area contributed by atoms with E-state index in [0.29, 0.717) is 18.8 Å². The lowest BCUT2D eigenvalue weighted by atomic mass is 10.3. The molecule has 0 spiro atoms. The van der Waals surface area contributed by atoms with E-state index in [0.717, 1.165) is 18.7 Å². The molecule has 0 radical (unpaired) electrons. The van der Waals surface area contributed by atoms with E-state index >= 15 is 0 Å². The van der Waals surface area contributed by atoms with E-state index in [1.54, 1.807) is 6.20 Å². The zero-order valence-electron chi connectivity index (χ0n) is 6.71. The average Bonchev–Trinajstić information content (AvgIpc) is 2.45. The largest absolute Gasteiger partial charge is 0.384 e. The number of H-pyrrole nitrogens is 1. The summed E-state index contributed by atoms with van der Waals surface area (Å²) >= 11 is 0. The zero-order valence-corrected chi connectivity index (χ0v) is 6.71. The van der Waals surface area contributed by atoms with E-state index < -0.39 is 0 Å². The van der Waals surface area contributed by atoms with Gasteiger partial charge in [-0.3, -0.25) is 4.79 Å². The minimum Gasteiger partial charge on any atom is -0.384 e. The summed E-state index contributed by atoms with van der Waals surface area (Å²) in [5.41, 5.74) is 5.42. The maximum absolute atomic E-state index is 9.87. The maximum Gasteiger partial charge on any atom is 0.207 e. The van der Waals surface area contributed by atoms with Gasteiger partial charge in [-0.2, -0.15) is 0 Å². The van der Waals surface area contributed by atoms with Crippen molar-refractivity contribution in [2.24, 2.45) is 0 Å². The third-order valence-electron chi connectivity index (χ3n) is 1.47. The molecule has 1 amide bonds. The van der Waals surface area contributed by atoms with Crippen LogP contribution in [0.5, 0.6) is 0 Å². The van der Waals surface area contributed by atoms with Crippen LogP contribution in [0.4, 0.5) is 5.82 Å². The highest BCUT2D eigenvalue weighted by atomic mass is 16.1. The standard InChI is InChI=1S/C7H12N4O/c8-6-4-10-7(11-6)2-1-3-9-5-12/h4-5H,1-3,8H2,(H,9,12)(H,10,11). The van der Waals surface area contributed by atoms with Gasteiger partial charge in [-0.25, -0.2) is 4.98 Å². The van der Waals surface area contributed by atoms with Crippen molar-refractivity contribution in [1.82, 2.24) is 15.3 Å². The van der Waals surface area contributed by atoms with Crippen LogP contribution in [0.15, 0.2) is 6.20 Å². The number of aryl methyl sites for hydroxylation is 1. The number of hydrogen-bond acceptors (Lipinski definition) is 3. The number of nitrogens with zero attached hydrogens (tertiary/aromatic N) is 1. The number of hydrogen-bond donors (Lipinski definition) is 3. The van der Waals surface area contributed by atoms with Crippen LogP contribution in [-0.4, -0.2) is 22.9 Å². The number of imidazole rings is 1. The number of aromatic nitrogens is 2. The highest BCUT2D eigenvalue weighted by Crippen LogP contribution is 1.99. The van der Waals surface area contributed by atoms with Crippen LogP contribution in [0.2, 0.25) is 0 Å². The van der Waals surface area contributed by atoms with Crippen molar-refractivity contribution in [1.29, 1.82) is 0 Å². The highest BCUT2D eigenvalue weighted by Gasteiger charge is 1.96. The Labute approximate surface area is 70.4 Å². The first-order valence-electron chi connectivity index (χ1n) is 3.79. The lowest BCUT2D eigenvalue weighted by Gasteiger charge is -1.95. The molecule has 1 aromatic heterocycles. The Morgan fingerprint density at radius 2 is 2.58 bits per heavy atom. The first-order chi connectivity index (χ1) is 5.83. The monoisotopic (exact) mass is 168 g/mol. The van der Waals surface area contributed by atoms with Gasteiger partial charge in [0.05, 0.1) is 6.20 Å². The fraction of sp³-hybridized carbons (Fsp3) is 0.429. The van der Waals surface area contributed by atoms with Crippen LogP contribution in [0.1, 0.15) is 12.2 Å². The molecule has 0 aliphatic carbocycles. The van der Waals surface area contributed by atoms with Gasteiger partial charge in [0, 0.05) is 13.0 Å². The van der Waals surface area contributed by atoms with Crippen molar-refractivity contribution in [3.8, 4) is 0 Å². The average molecular weight is 168 g/mol. The van der Waals surface area contributed by atoms with Crippen molar-refractivity contribution in [2.75, 3.05) is 12.3 Å². The van der Waals surface area contributed by atoms with Gasteiger partial charge in [-0.1, -0.05) is 0 Å². The van der Waals surface area contributed by atoms with Crippen LogP contribution in [0.25, 0.3) is 0 Å². The van der Waals surface area contributed by atoms with Gasteiger partial charge in [0.1, 0.15) is 11.6 Å². The van der Waals surface area contributed by atoms with E-state index in [4.69, 9.17) is 5.73 Å². The summed E-state index contributed by atoms with van der Waals surface area (Å²) in [4.78, 5) is 16.8. The second kappa shape index (κ2) is 4.38. The Morgan fingerprint density at radius 1 is 1.75 bits per heavy atom. The minimum atomic E-state index is 0.577. The minimum absolute atomic E-state index is 0.577. The Bertz CT molecular complexity index is 245. The molecule has 0 bridgehead atoms. The molecule has 0 unspecified atom stereocenters. The molecule has 5 nitrogen and oxygen atoms in total. The number of carbonyl (C=O) groups excluding carboxylic acids is 1. The first kappa shape index (κ1) is 8.58. The number of carbonyl (C=O) groups is 1. The second-order valence-corrected chi connectivity index (χ2v) is 2.46. The van der Waals surface area contributed by atoms with Gasteiger partial charge < -0.3 is 16.0 Å². The van der Waals surface area contributed by atoms with E-state index in [1.807, 2.05) is 0 Å². The smallest absolute Gasteiger partial charge is 0.207 e. The fourth-order valence-corrected chi connectivity index (χ4v) is 0.922. The molecule has 0 atom stereocenters. The SMILES string of the molecule is Nc1cnc(CCCNC=O)[nH]1. The molecule has 0 aliphatic heterocycles. The van der Waals surface area contributed by atoms with Crippen molar-refractivity contribution in [3.05, 3.63) is 12.0 Å². The van der Waals surface area contributed by atoms with Crippen molar-refractivity contribution < 1.29 is 4.79 Å². The predicted octanol–water partition coefficient (Wildman–Crippen LogP) is -0.329. The Hall–Kier alpha value is -1.52. The fourth-order valence-electron chi connectivity index (χ4n) is 0.922. The number of aromatic amines is 1. The number of nitrogens with one attached hydrogen (secondary N) is 2. The predicted molar refractivity (Wildman–Crippen MR) is 45.4 cm³/mol. The Kier molecular flexibility index (Phi) is 3.13. The van der Waals surface area contributed by atoms with Crippen LogP contribution in [-0.2, 0) is 11.2 Å². The number of amides is 1. The summed E-state index contributed by atoms with van der Waals surface area (Å²) in [7, 11) is 0. The molecule has 0 aliphatic rings. The number of nitrogens with two attached hydrogens (primary N) is 1. The van der Waals surface area contributed by atoms with Gasteiger partial charge in [-0.15, -0.1) is 0 Å². The Balaban J connectivity index is 2.19. The Morgan fingerprint density at radius 3 is 3.17 bits per heavy atom. The lowest BCUT2D eigenvalue weighted by Crippen LogP contribution is -2.12. The number of nitrogen functional groups attached to an aromatic ring is 1. The molecule has 1 rings (SSSR count). The first-order valence-corrected chi connectivity index (χ1v) is 3.79. The molecular weight excluding hydrogens is 156 g/mol. The molecule has 5 heteroatoms. The summed E-state index contributed by atoms with van der Waals surface area (Å²) in [6, 6.07) is 0. The highest BCUT2D eigenvalue weighted by molar-refractivity contribution is 5.45. The molecule has 66 valence electrons. The van der Waals surface area contributed by atoms with E-state index in [-0.39, 0.29) is 0 Å². The van der Waals surface area contributed by atoms with Gasteiger partial charge in [-0.05, 0) is 6.42 Å². The van der Waals surface area contributed by atoms with Gasteiger partial charge in [0.25, 0.3) is 0 Å². The van der Waals surface area contributed by atoms with Gasteiger partial charge in [0.15, 0.2) is 0 Å². The molecule has 0 fully saturated rings. The van der Waals surface area contributed by atoms with E-state index in [9.17, 15) is 4.79 Å². The zero-order chi connectivity index (χ0) is 8.81. The summed E-state index contributed by atoms with van der Waals surface area (Å²) in [5.74, 6) is 1.44. The van der Waals surface area contributed by atoms with Gasteiger partial charge >= 0.3 is 0 Å². The normalized spacial score (nSPS) is 9.67. The summed E-state index contributed by atoms with van der Waals surface area (Å²) < 4.78 is 0. The number of anilines is 1. The second-order valence-electron chi connectivity index (χ2n) is 2.46. The van der Waals surface area contributed by atoms with Crippen LogP contribution < -0.4 is 11.1 Å². The topological polar surface area (TPSA) is 83.8 Å². The van der Waals surface area contributed by atoms with E-state index in [2.05, 4.69) is 15.3 Å². The molecule has 12 heavy (non-hydrogen) atoms. The number of rotatable bonds is 5. The lowest BCUT2D eigenvalue weighted by molar-refractivity contribution is -0.109. The van der Waals surface area contributed by atoms with Crippen LogP contribution in [0, 0.1) is 0 Å². The molecule has 1 heterocycles. The summed E-state index contributed by atoms with van der Waals surface area (Å²) in [5, 5.41) is 2.57. The molecule has 0 saturated heterocycles. The maximum atomic E-state index is 9.87. The molecule has 4 N–H and O–H groups in total. The molecule has 1 aromatic rings. The molecule has 0 aromatic carbocycles. The van der Waals surface area contributed by atoms with Crippen LogP contribution >= 0.6 is 0 Å². The molecule has 0 saturated carbocycles.